The Balaban J connectivity index is 1.68. The number of halogens is 3. The van der Waals surface area contributed by atoms with Gasteiger partial charge >= 0.3 is 6.18 Å². The monoisotopic (exact) mass is 415 g/mol. The zero-order valence-corrected chi connectivity index (χ0v) is 16.3. The normalized spacial score (nSPS) is 17.2. The summed E-state index contributed by atoms with van der Waals surface area (Å²) in [6.07, 6.45) is -4.12. The molecular formula is C22H20F3N3O2. The van der Waals surface area contributed by atoms with Gasteiger partial charge in [0.2, 0.25) is 0 Å². The molecule has 1 amide bonds. The molecular weight excluding hydrogens is 395 g/mol. The zero-order valence-electron chi connectivity index (χ0n) is 16.3. The van der Waals surface area contributed by atoms with Crippen LogP contribution >= 0.6 is 0 Å². The van der Waals surface area contributed by atoms with E-state index >= 15 is 0 Å². The number of carbonyl (C=O) groups excluding carboxylic acids is 1. The Morgan fingerprint density at radius 3 is 2.50 bits per heavy atom. The van der Waals surface area contributed by atoms with Crippen molar-refractivity contribution in [3.63, 3.8) is 0 Å². The first-order valence-electron chi connectivity index (χ1n) is 9.53. The minimum absolute atomic E-state index is 0.176. The summed E-state index contributed by atoms with van der Waals surface area (Å²) in [4.78, 5) is 14.5. The number of para-hydroxylation sites is 1. The fraction of sp³-hybridized carbons (Fsp3) is 0.273. The van der Waals surface area contributed by atoms with E-state index in [0.29, 0.717) is 5.56 Å². The van der Waals surface area contributed by atoms with Gasteiger partial charge in [0.1, 0.15) is 6.10 Å². The number of benzene rings is 2. The number of amides is 1. The molecule has 1 aromatic heterocycles. The molecule has 1 aliphatic heterocycles. The minimum atomic E-state index is -4.74. The van der Waals surface area contributed by atoms with Crippen LogP contribution in [0.15, 0.2) is 60.8 Å². The number of morpholine rings is 1. The van der Waals surface area contributed by atoms with E-state index in [9.17, 15) is 18.0 Å². The lowest BCUT2D eigenvalue weighted by Crippen LogP contribution is -2.42. The Kier molecular flexibility index (Phi) is 5.34. The highest BCUT2D eigenvalue weighted by Crippen LogP contribution is 2.35. The number of alkyl halides is 3. The Morgan fingerprint density at radius 2 is 1.80 bits per heavy atom. The van der Waals surface area contributed by atoms with Gasteiger partial charge in [-0.1, -0.05) is 48.5 Å². The summed E-state index contributed by atoms with van der Waals surface area (Å²) in [5.74, 6) is -0.702. The second kappa shape index (κ2) is 7.95. The molecule has 0 spiro atoms. The van der Waals surface area contributed by atoms with Gasteiger partial charge in [-0.2, -0.15) is 18.3 Å². The molecule has 0 radical (unpaired) electrons. The maximum Gasteiger partial charge on any atom is 0.434 e. The lowest BCUT2D eigenvalue weighted by atomic mass is 10.1. The quantitative estimate of drug-likeness (QED) is 0.637. The van der Waals surface area contributed by atoms with Crippen LogP contribution in [0.5, 0.6) is 0 Å². The van der Waals surface area contributed by atoms with E-state index in [1.165, 1.54) is 4.90 Å². The predicted molar refractivity (Wildman–Crippen MR) is 104 cm³/mol. The van der Waals surface area contributed by atoms with Crippen LogP contribution in [0.4, 0.5) is 13.2 Å². The first kappa shape index (κ1) is 20.2. The molecule has 1 aliphatic rings. The summed E-state index contributed by atoms with van der Waals surface area (Å²) in [5.41, 5.74) is 0.263. The van der Waals surface area contributed by atoms with Gasteiger partial charge in [-0.15, -0.1) is 0 Å². The number of hydrogen-bond donors (Lipinski definition) is 0. The van der Waals surface area contributed by atoms with E-state index in [1.54, 1.807) is 31.2 Å². The fourth-order valence-corrected chi connectivity index (χ4v) is 3.63. The molecule has 0 aliphatic carbocycles. The summed E-state index contributed by atoms with van der Waals surface area (Å²) >= 11 is 0. The van der Waals surface area contributed by atoms with Crippen LogP contribution in [-0.2, 0) is 10.9 Å². The van der Waals surface area contributed by atoms with E-state index in [1.807, 2.05) is 30.3 Å². The number of rotatable bonds is 3. The van der Waals surface area contributed by atoms with Crippen molar-refractivity contribution in [2.24, 2.45) is 0 Å². The molecule has 0 saturated carbocycles. The Bertz CT molecular complexity index is 1050. The minimum Gasteiger partial charge on any atom is -0.370 e. The molecule has 4 rings (SSSR count). The van der Waals surface area contributed by atoms with Crippen LogP contribution in [0, 0.1) is 6.92 Å². The van der Waals surface area contributed by atoms with Gasteiger partial charge in [-0.25, -0.2) is 4.68 Å². The van der Waals surface area contributed by atoms with Gasteiger partial charge in [0.05, 0.1) is 30.6 Å². The average molecular weight is 415 g/mol. The summed E-state index contributed by atoms with van der Waals surface area (Å²) in [5, 5.41) is 3.92. The topological polar surface area (TPSA) is 47.4 Å². The highest BCUT2D eigenvalue weighted by Gasteiger charge is 2.42. The Labute approximate surface area is 171 Å². The van der Waals surface area contributed by atoms with Crippen molar-refractivity contribution in [1.82, 2.24) is 14.7 Å². The van der Waals surface area contributed by atoms with Crippen LogP contribution in [-0.4, -0.2) is 40.3 Å². The van der Waals surface area contributed by atoms with Gasteiger partial charge < -0.3 is 9.64 Å². The molecule has 0 bridgehead atoms. The number of aryl methyl sites for hydroxylation is 1. The van der Waals surface area contributed by atoms with Crippen molar-refractivity contribution >= 4 is 5.91 Å². The van der Waals surface area contributed by atoms with E-state index in [0.717, 1.165) is 16.4 Å². The standard InChI is InChI=1S/C22H20F3N3O2/c1-15-7-5-6-10-18(15)28-20(22(23,24)25)17(13-26-28)21(29)27-11-12-30-19(14-27)16-8-3-2-4-9-16/h2-10,13,19H,11-12,14H2,1H3. The maximum absolute atomic E-state index is 14.0. The lowest BCUT2D eigenvalue weighted by molar-refractivity contribution is -0.143. The van der Waals surface area contributed by atoms with Crippen molar-refractivity contribution < 1.29 is 22.7 Å². The van der Waals surface area contributed by atoms with Crippen molar-refractivity contribution in [2.75, 3.05) is 19.7 Å². The van der Waals surface area contributed by atoms with Crippen LogP contribution in [0.1, 0.15) is 33.3 Å². The van der Waals surface area contributed by atoms with Crippen molar-refractivity contribution in [1.29, 1.82) is 0 Å². The van der Waals surface area contributed by atoms with Crippen LogP contribution < -0.4 is 0 Å². The smallest absolute Gasteiger partial charge is 0.370 e. The Hall–Kier alpha value is -3.13. The third-order valence-corrected chi connectivity index (χ3v) is 5.14. The van der Waals surface area contributed by atoms with Gasteiger partial charge in [0, 0.05) is 6.54 Å². The number of nitrogens with zero attached hydrogens (tertiary/aromatic N) is 3. The predicted octanol–water partition coefficient (Wildman–Crippen LogP) is 4.41. The molecule has 3 aromatic rings. The van der Waals surface area contributed by atoms with Crippen LogP contribution in [0.25, 0.3) is 5.69 Å². The third kappa shape index (κ3) is 3.82. The summed E-state index contributed by atoms with van der Waals surface area (Å²) < 4.78 is 48.5. The van der Waals surface area contributed by atoms with Crippen molar-refractivity contribution in [3.8, 4) is 5.69 Å². The fourth-order valence-electron chi connectivity index (χ4n) is 3.63. The second-order valence-corrected chi connectivity index (χ2v) is 7.12. The molecule has 1 unspecified atom stereocenters. The number of hydrogen-bond acceptors (Lipinski definition) is 3. The molecule has 5 nitrogen and oxygen atoms in total. The average Bonchev–Trinajstić information content (AvgIpc) is 3.20. The zero-order chi connectivity index (χ0) is 21.3. The molecule has 1 fully saturated rings. The summed E-state index contributed by atoms with van der Waals surface area (Å²) in [6, 6.07) is 15.9. The van der Waals surface area contributed by atoms with Gasteiger partial charge in [-0.3, -0.25) is 4.79 Å². The van der Waals surface area contributed by atoms with Gasteiger partial charge in [-0.05, 0) is 24.1 Å². The SMILES string of the molecule is Cc1ccccc1-n1ncc(C(=O)N2CCOC(c3ccccc3)C2)c1C(F)(F)F. The Morgan fingerprint density at radius 1 is 1.10 bits per heavy atom. The molecule has 8 heteroatoms. The van der Waals surface area contributed by atoms with E-state index in [-0.39, 0.29) is 31.5 Å². The van der Waals surface area contributed by atoms with Gasteiger partial charge in [0.25, 0.3) is 5.91 Å². The second-order valence-electron chi connectivity index (χ2n) is 7.12. The van der Waals surface area contributed by atoms with Crippen LogP contribution in [0.2, 0.25) is 0 Å². The highest BCUT2D eigenvalue weighted by molar-refractivity contribution is 5.95. The largest absolute Gasteiger partial charge is 0.434 e. The maximum atomic E-state index is 14.0. The van der Waals surface area contributed by atoms with E-state index in [4.69, 9.17) is 4.74 Å². The van der Waals surface area contributed by atoms with Crippen LogP contribution in [0.3, 0.4) is 0 Å². The summed E-state index contributed by atoms with van der Waals surface area (Å²) in [6.45, 7) is 2.34. The number of carbonyl (C=O) groups is 1. The number of aromatic nitrogens is 2. The molecule has 2 heterocycles. The van der Waals surface area contributed by atoms with E-state index < -0.39 is 23.3 Å². The molecule has 2 aromatic carbocycles. The van der Waals surface area contributed by atoms with Gasteiger partial charge in [0.15, 0.2) is 5.69 Å². The highest BCUT2D eigenvalue weighted by atomic mass is 19.4. The van der Waals surface area contributed by atoms with Crippen molar-refractivity contribution in [2.45, 2.75) is 19.2 Å². The number of ether oxygens (including phenoxy) is 1. The van der Waals surface area contributed by atoms with Crippen molar-refractivity contribution in [3.05, 3.63) is 83.2 Å². The first-order valence-corrected chi connectivity index (χ1v) is 9.53. The lowest BCUT2D eigenvalue weighted by Gasteiger charge is -2.33. The van der Waals surface area contributed by atoms with E-state index in [2.05, 4.69) is 5.10 Å². The molecule has 0 N–H and O–H groups in total. The third-order valence-electron chi connectivity index (χ3n) is 5.14. The molecule has 1 atom stereocenters. The molecule has 1 saturated heterocycles. The first-order chi connectivity index (χ1) is 14.4. The summed E-state index contributed by atoms with van der Waals surface area (Å²) in [7, 11) is 0. The molecule has 30 heavy (non-hydrogen) atoms. The molecule has 156 valence electrons.